The zero-order chi connectivity index (χ0) is 9.19. The summed E-state index contributed by atoms with van der Waals surface area (Å²) in [6.07, 6.45) is 6.28. The quantitative estimate of drug-likeness (QED) is 0.663. The lowest BCUT2D eigenvalue weighted by molar-refractivity contribution is 0.489. The highest BCUT2D eigenvalue weighted by atomic mass is 15.1. The number of rotatable bonds is 2. The van der Waals surface area contributed by atoms with E-state index in [4.69, 9.17) is 6.42 Å². The molecule has 0 spiro atoms. The molecule has 2 heteroatoms. The van der Waals surface area contributed by atoms with Gasteiger partial charge in [0.25, 0.3) is 0 Å². The van der Waals surface area contributed by atoms with Gasteiger partial charge in [0.2, 0.25) is 0 Å². The van der Waals surface area contributed by atoms with E-state index in [1.165, 1.54) is 0 Å². The van der Waals surface area contributed by atoms with Gasteiger partial charge in [-0.2, -0.15) is 5.10 Å². The fraction of sp³-hybridized carbons (Fsp3) is 0.500. The summed E-state index contributed by atoms with van der Waals surface area (Å²) in [7, 11) is 0. The Morgan fingerprint density at radius 1 is 1.67 bits per heavy atom. The monoisotopic (exact) mass is 162 g/mol. The number of H-pyrrole nitrogens is 1. The largest absolute Gasteiger partial charge is 0.281 e. The Bertz CT molecular complexity index is 302. The SMILES string of the molecule is C#Cc1cc(C(C)(C)CC)[nH]n1. The third kappa shape index (κ3) is 1.50. The van der Waals surface area contributed by atoms with Crippen molar-refractivity contribution in [3.63, 3.8) is 0 Å². The number of terminal acetylenes is 1. The predicted octanol–water partition coefficient (Wildman–Crippen LogP) is 2.08. The van der Waals surface area contributed by atoms with Crippen molar-refractivity contribution in [1.29, 1.82) is 0 Å². The van der Waals surface area contributed by atoms with Gasteiger partial charge in [0.05, 0.1) is 0 Å². The maximum atomic E-state index is 5.22. The van der Waals surface area contributed by atoms with E-state index >= 15 is 0 Å². The van der Waals surface area contributed by atoms with Gasteiger partial charge in [0, 0.05) is 11.1 Å². The number of aromatic amines is 1. The maximum absolute atomic E-state index is 5.22. The summed E-state index contributed by atoms with van der Waals surface area (Å²) in [6.45, 7) is 6.48. The molecule has 2 nitrogen and oxygen atoms in total. The lowest BCUT2D eigenvalue weighted by Crippen LogP contribution is -2.15. The van der Waals surface area contributed by atoms with Gasteiger partial charge in [0.1, 0.15) is 5.69 Å². The van der Waals surface area contributed by atoms with Crippen molar-refractivity contribution in [1.82, 2.24) is 10.2 Å². The summed E-state index contributed by atoms with van der Waals surface area (Å²) in [5.74, 6) is 2.50. The molecule has 0 aliphatic heterocycles. The molecular formula is C10H14N2. The lowest BCUT2D eigenvalue weighted by atomic mass is 9.86. The van der Waals surface area contributed by atoms with Crippen molar-refractivity contribution in [2.24, 2.45) is 0 Å². The van der Waals surface area contributed by atoms with Crippen LogP contribution in [0.2, 0.25) is 0 Å². The molecule has 1 N–H and O–H groups in total. The van der Waals surface area contributed by atoms with Gasteiger partial charge >= 0.3 is 0 Å². The number of aromatic nitrogens is 2. The van der Waals surface area contributed by atoms with Gasteiger partial charge < -0.3 is 0 Å². The summed E-state index contributed by atoms with van der Waals surface area (Å²) in [6, 6.07) is 1.93. The van der Waals surface area contributed by atoms with Gasteiger partial charge in [-0.15, -0.1) is 6.42 Å². The Morgan fingerprint density at radius 3 is 2.75 bits per heavy atom. The summed E-state index contributed by atoms with van der Waals surface area (Å²) in [5, 5.41) is 6.94. The van der Waals surface area contributed by atoms with Gasteiger partial charge in [-0.3, -0.25) is 5.10 Å². The van der Waals surface area contributed by atoms with Crippen LogP contribution in [0.15, 0.2) is 6.07 Å². The van der Waals surface area contributed by atoms with E-state index in [0.29, 0.717) is 5.69 Å². The van der Waals surface area contributed by atoms with E-state index in [1.807, 2.05) is 6.07 Å². The molecule has 1 rings (SSSR count). The lowest BCUT2D eigenvalue weighted by Gasteiger charge is -2.19. The second-order valence-electron chi connectivity index (χ2n) is 3.55. The highest BCUT2D eigenvalue weighted by Gasteiger charge is 2.19. The standard InChI is InChI=1S/C10H14N2/c1-5-8-7-9(12-11-8)10(3,4)6-2/h1,7H,6H2,2-4H3,(H,11,12). The van der Waals surface area contributed by atoms with Crippen LogP contribution in [0.25, 0.3) is 0 Å². The summed E-state index contributed by atoms with van der Waals surface area (Å²) < 4.78 is 0. The third-order valence-corrected chi connectivity index (χ3v) is 2.34. The second-order valence-corrected chi connectivity index (χ2v) is 3.55. The molecule has 0 fully saturated rings. The number of hydrogen-bond acceptors (Lipinski definition) is 1. The first-order valence-electron chi connectivity index (χ1n) is 4.12. The molecule has 0 saturated heterocycles. The summed E-state index contributed by atoms with van der Waals surface area (Å²) >= 11 is 0. The van der Waals surface area contributed by atoms with Crippen molar-refractivity contribution in [2.75, 3.05) is 0 Å². The molecule has 0 aromatic carbocycles. The van der Waals surface area contributed by atoms with Crippen LogP contribution in [0.1, 0.15) is 38.6 Å². The Balaban J connectivity index is 2.98. The third-order valence-electron chi connectivity index (χ3n) is 2.34. The van der Waals surface area contributed by atoms with E-state index in [0.717, 1.165) is 12.1 Å². The van der Waals surface area contributed by atoms with Crippen molar-refractivity contribution in [3.05, 3.63) is 17.5 Å². The minimum atomic E-state index is 0.141. The average molecular weight is 162 g/mol. The topological polar surface area (TPSA) is 28.7 Å². The van der Waals surface area contributed by atoms with E-state index in [9.17, 15) is 0 Å². The normalized spacial score (nSPS) is 11.2. The Kier molecular flexibility index (Phi) is 2.23. The fourth-order valence-corrected chi connectivity index (χ4v) is 0.933. The molecule has 0 unspecified atom stereocenters. The minimum Gasteiger partial charge on any atom is -0.281 e. The first-order valence-corrected chi connectivity index (χ1v) is 4.12. The molecule has 1 aromatic heterocycles. The Hall–Kier alpha value is -1.23. The molecule has 0 bridgehead atoms. The van der Waals surface area contributed by atoms with Gasteiger partial charge in [-0.25, -0.2) is 0 Å². The number of nitrogens with zero attached hydrogens (tertiary/aromatic N) is 1. The van der Waals surface area contributed by atoms with Crippen molar-refractivity contribution < 1.29 is 0 Å². The maximum Gasteiger partial charge on any atom is 0.135 e. The van der Waals surface area contributed by atoms with Crippen LogP contribution in [-0.4, -0.2) is 10.2 Å². The molecule has 0 atom stereocenters. The van der Waals surface area contributed by atoms with Crippen LogP contribution in [0, 0.1) is 12.3 Å². The number of hydrogen-bond donors (Lipinski definition) is 1. The van der Waals surface area contributed by atoms with Gasteiger partial charge in [-0.05, 0) is 18.4 Å². The summed E-state index contributed by atoms with van der Waals surface area (Å²) in [4.78, 5) is 0. The highest BCUT2D eigenvalue weighted by Crippen LogP contribution is 2.24. The summed E-state index contributed by atoms with van der Waals surface area (Å²) in [5.41, 5.74) is 1.94. The highest BCUT2D eigenvalue weighted by molar-refractivity contribution is 5.28. The molecule has 12 heavy (non-hydrogen) atoms. The van der Waals surface area contributed by atoms with E-state index in [2.05, 4.69) is 36.9 Å². The fourth-order valence-electron chi connectivity index (χ4n) is 0.933. The first-order chi connectivity index (χ1) is 5.60. The van der Waals surface area contributed by atoms with Crippen LogP contribution in [0.3, 0.4) is 0 Å². The molecule has 1 aromatic rings. The molecule has 64 valence electrons. The van der Waals surface area contributed by atoms with Crippen LogP contribution < -0.4 is 0 Å². The smallest absolute Gasteiger partial charge is 0.135 e. The minimum absolute atomic E-state index is 0.141. The van der Waals surface area contributed by atoms with E-state index < -0.39 is 0 Å². The zero-order valence-electron chi connectivity index (χ0n) is 7.81. The van der Waals surface area contributed by atoms with Crippen molar-refractivity contribution in [2.45, 2.75) is 32.6 Å². The van der Waals surface area contributed by atoms with Crippen LogP contribution >= 0.6 is 0 Å². The van der Waals surface area contributed by atoms with Gasteiger partial charge in [-0.1, -0.05) is 20.8 Å². The first kappa shape index (κ1) is 8.86. The molecule has 1 heterocycles. The van der Waals surface area contributed by atoms with Crippen LogP contribution in [-0.2, 0) is 5.41 Å². The molecule has 0 aliphatic rings. The van der Waals surface area contributed by atoms with Gasteiger partial charge in [0.15, 0.2) is 0 Å². The predicted molar refractivity (Wildman–Crippen MR) is 49.8 cm³/mol. The molecule has 0 amide bonds. The van der Waals surface area contributed by atoms with Crippen LogP contribution in [0.5, 0.6) is 0 Å². The molecule has 0 saturated carbocycles. The Morgan fingerprint density at radius 2 is 2.33 bits per heavy atom. The van der Waals surface area contributed by atoms with Crippen molar-refractivity contribution >= 4 is 0 Å². The zero-order valence-corrected chi connectivity index (χ0v) is 7.81. The van der Waals surface area contributed by atoms with Crippen molar-refractivity contribution in [3.8, 4) is 12.3 Å². The average Bonchev–Trinajstić information content (AvgIpc) is 2.52. The molecule has 0 radical (unpaired) electrons. The molecule has 0 aliphatic carbocycles. The van der Waals surface area contributed by atoms with E-state index in [-0.39, 0.29) is 5.41 Å². The Labute approximate surface area is 73.4 Å². The van der Waals surface area contributed by atoms with Crippen LogP contribution in [0.4, 0.5) is 0 Å². The molecular weight excluding hydrogens is 148 g/mol. The second kappa shape index (κ2) is 3.02. The number of nitrogens with one attached hydrogen (secondary N) is 1. The van der Waals surface area contributed by atoms with E-state index in [1.54, 1.807) is 0 Å².